The van der Waals surface area contributed by atoms with Crippen LogP contribution in [0.15, 0.2) is 24.3 Å². The van der Waals surface area contributed by atoms with Crippen LogP contribution < -0.4 is 4.74 Å². The summed E-state index contributed by atoms with van der Waals surface area (Å²) in [6.45, 7) is 3.19. The summed E-state index contributed by atoms with van der Waals surface area (Å²) < 4.78 is 9.57. The molecule has 0 radical (unpaired) electrons. The van der Waals surface area contributed by atoms with Crippen molar-refractivity contribution in [1.29, 1.82) is 0 Å². The lowest BCUT2D eigenvalue weighted by atomic mass is 9.97. The average Bonchev–Trinajstić information content (AvgIpc) is 2.37. The zero-order valence-corrected chi connectivity index (χ0v) is 11.5. The smallest absolute Gasteiger partial charge is 0.193 e. The summed E-state index contributed by atoms with van der Waals surface area (Å²) >= 11 is 0.883. The first-order chi connectivity index (χ1) is 8.95. The maximum atomic E-state index is 11.9. The van der Waals surface area contributed by atoms with Crippen molar-refractivity contribution in [2.24, 2.45) is 0 Å². The van der Waals surface area contributed by atoms with Gasteiger partial charge in [-0.05, 0) is 26.0 Å². The van der Waals surface area contributed by atoms with Crippen molar-refractivity contribution in [3.8, 4) is 5.75 Å². The number of benzene rings is 1. The standard InChI is InChI=1S/C12H16O6S/c1-12(2,14)11(13)9-4-3-5-10(8-9)16-6-7-19-18-17-15/h3-5,8,14-15H,6-7H2,1-2H3. The second-order valence-electron chi connectivity index (χ2n) is 4.23. The normalized spacial score (nSPS) is 11.4. The third-order valence-electron chi connectivity index (χ3n) is 2.17. The molecule has 0 aliphatic carbocycles. The molecular weight excluding hydrogens is 272 g/mol. The molecule has 19 heavy (non-hydrogen) atoms. The van der Waals surface area contributed by atoms with Gasteiger partial charge in [0.25, 0.3) is 0 Å². The summed E-state index contributed by atoms with van der Waals surface area (Å²) in [5.74, 6) is 0.578. The van der Waals surface area contributed by atoms with Gasteiger partial charge in [-0.1, -0.05) is 17.2 Å². The molecule has 0 unspecified atom stereocenters. The second-order valence-corrected chi connectivity index (χ2v) is 5.01. The van der Waals surface area contributed by atoms with Gasteiger partial charge in [0.15, 0.2) is 5.78 Å². The summed E-state index contributed by atoms with van der Waals surface area (Å²) in [6, 6.07) is 6.56. The van der Waals surface area contributed by atoms with E-state index >= 15 is 0 Å². The van der Waals surface area contributed by atoms with Crippen LogP contribution in [0.5, 0.6) is 5.75 Å². The number of hydrogen-bond acceptors (Lipinski definition) is 7. The van der Waals surface area contributed by atoms with Crippen LogP contribution in [-0.2, 0) is 9.37 Å². The fourth-order valence-corrected chi connectivity index (χ4v) is 1.59. The van der Waals surface area contributed by atoms with E-state index in [2.05, 4.69) is 9.37 Å². The van der Waals surface area contributed by atoms with E-state index in [0.717, 1.165) is 12.0 Å². The van der Waals surface area contributed by atoms with E-state index in [-0.39, 0.29) is 5.78 Å². The van der Waals surface area contributed by atoms with Crippen molar-refractivity contribution in [2.45, 2.75) is 19.4 Å². The quantitative estimate of drug-likeness (QED) is 0.249. The Hall–Kier alpha value is -1.12. The molecule has 0 aliphatic heterocycles. The van der Waals surface area contributed by atoms with Gasteiger partial charge in [0.1, 0.15) is 11.4 Å². The number of aliphatic hydroxyl groups is 1. The Morgan fingerprint density at radius 1 is 1.42 bits per heavy atom. The molecule has 0 saturated heterocycles. The van der Waals surface area contributed by atoms with Crippen LogP contribution in [0.25, 0.3) is 0 Å². The fraction of sp³-hybridized carbons (Fsp3) is 0.417. The summed E-state index contributed by atoms with van der Waals surface area (Å²) in [5, 5.41) is 21.0. The van der Waals surface area contributed by atoms with Gasteiger partial charge in [0.2, 0.25) is 0 Å². The number of carbonyl (C=O) groups is 1. The van der Waals surface area contributed by atoms with Crippen molar-refractivity contribution in [1.82, 2.24) is 0 Å². The first-order valence-electron chi connectivity index (χ1n) is 5.55. The van der Waals surface area contributed by atoms with E-state index in [1.165, 1.54) is 13.8 Å². The third-order valence-corrected chi connectivity index (χ3v) is 2.66. The van der Waals surface area contributed by atoms with E-state index in [0.29, 0.717) is 23.7 Å². The second kappa shape index (κ2) is 7.46. The van der Waals surface area contributed by atoms with Crippen molar-refractivity contribution in [3.63, 3.8) is 0 Å². The van der Waals surface area contributed by atoms with Crippen molar-refractivity contribution < 1.29 is 29.3 Å². The van der Waals surface area contributed by atoms with E-state index in [4.69, 9.17) is 9.99 Å². The zero-order chi connectivity index (χ0) is 14.3. The Morgan fingerprint density at radius 2 is 2.16 bits per heavy atom. The molecule has 0 heterocycles. The molecule has 0 atom stereocenters. The molecule has 0 aromatic heterocycles. The Labute approximate surface area is 115 Å². The van der Waals surface area contributed by atoms with Crippen molar-refractivity contribution in [3.05, 3.63) is 29.8 Å². The fourth-order valence-electron chi connectivity index (χ4n) is 1.33. The topological polar surface area (TPSA) is 85.2 Å². The average molecular weight is 288 g/mol. The molecule has 1 rings (SSSR count). The van der Waals surface area contributed by atoms with Gasteiger partial charge in [0, 0.05) is 17.6 Å². The van der Waals surface area contributed by atoms with Gasteiger partial charge in [-0.25, -0.2) is 5.26 Å². The van der Waals surface area contributed by atoms with Gasteiger partial charge < -0.3 is 9.84 Å². The molecule has 0 bridgehead atoms. The molecule has 0 saturated carbocycles. The molecule has 0 fully saturated rings. The molecule has 0 aliphatic rings. The van der Waals surface area contributed by atoms with Gasteiger partial charge in [0.05, 0.1) is 12.4 Å². The lowest BCUT2D eigenvalue weighted by molar-refractivity contribution is -0.432. The van der Waals surface area contributed by atoms with Crippen LogP contribution in [0.3, 0.4) is 0 Å². The molecule has 7 heteroatoms. The summed E-state index contributed by atoms with van der Waals surface area (Å²) in [4.78, 5) is 11.9. The highest BCUT2D eigenvalue weighted by Crippen LogP contribution is 2.18. The summed E-state index contributed by atoms with van der Waals surface area (Å²) in [7, 11) is 0. The molecule has 6 nitrogen and oxygen atoms in total. The predicted octanol–water partition coefficient (Wildman–Crippen LogP) is 2.09. The highest BCUT2D eigenvalue weighted by Gasteiger charge is 2.25. The summed E-state index contributed by atoms with van der Waals surface area (Å²) in [6.07, 6.45) is 0. The number of Topliss-reactive ketones (excluding diaryl/α,β-unsaturated/α-hetero) is 1. The van der Waals surface area contributed by atoms with E-state index in [1.54, 1.807) is 24.3 Å². The predicted molar refractivity (Wildman–Crippen MR) is 69.8 cm³/mol. The maximum Gasteiger partial charge on any atom is 0.193 e. The molecule has 1 aromatic rings. The molecule has 0 amide bonds. The molecule has 2 N–H and O–H groups in total. The van der Waals surface area contributed by atoms with Crippen LogP contribution >= 0.6 is 12.0 Å². The first kappa shape index (κ1) is 15.9. The number of ether oxygens (including phenoxy) is 1. The Morgan fingerprint density at radius 3 is 2.79 bits per heavy atom. The van der Waals surface area contributed by atoms with E-state index in [1.807, 2.05) is 0 Å². The van der Waals surface area contributed by atoms with Gasteiger partial charge in [-0.3, -0.25) is 4.79 Å². The van der Waals surface area contributed by atoms with Crippen LogP contribution in [0, 0.1) is 0 Å². The lowest BCUT2D eigenvalue weighted by Gasteiger charge is -2.16. The van der Waals surface area contributed by atoms with E-state index in [9.17, 15) is 9.90 Å². The maximum absolute atomic E-state index is 11.9. The Kier molecular flexibility index (Phi) is 6.26. The SMILES string of the molecule is CC(C)(O)C(=O)c1cccc(OCCSOOO)c1. The largest absolute Gasteiger partial charge is 0.493 e. The van der Waals surface area contributed by atoms with Crippen LogP contribution in [0.2, 0.25) is 0 Å². The Bertz CT molecular complexity index is 415. The van der Waals surface area contributed by atoms with Gasteiger partial charge in [-0.15, -0.1) is 4.33 Å². The monoisotopic (exact) mass is 288 g/mol. The number of carbonyl (C=O) groups excluding carboxylic acids is 1. The van der Waals surface area contributed by atoms with Gasteiger partial charge >= 0.3 is 0 Å². The minimum Gasteiger partial charge on any atom is -0.493 e. The van der Waals surface area contributed by atoms with E-state index < -0.39 is 5.60 Å². The van der Waals surface area contributed by atoms with Gasteiger partial charge in [-0.2, -0.15) is 0 Å². The molecular formula is C12H16O6S. The minimum atomic E-state index is -1.42. The molecule has 1 aromatic carbocycles. The first-order valence-corrected chi connectivity index (χ1v) is 6.46. The van der Waals surface area contributed by atoms with Crippen LogP contribution in [0.1, 0.15) is 24.2 Å². The number of ketones is 1. The third kappa shape index (κ3) is 5.58. The van der Waals surface area contributed by atoms with Crippen LogP contribution in [0.4, 0.5) is 0 Å². The number of hydrogen-bond donors (Lipinski definition) is 2. The van der Waals surface area contributed by atoms with Crippen molar-refractivity contribution >= 4 is 17.8 Å². The molecule has 0 spiro atoms. The number of rotatable bonds is 8. The highest BCUT2D eigenvalue weighted by atomic mass is 32.2. The van der Waals surface area contributed by atoms with Crippen LogP contribution in [-0.4, -0.2) is 34.1 Å². The highest BCUT2D eigenvalue weighted by molar-refractivity contribution is 7.94. The lowest BCUT2D eigenvalue weighted by Crippen LogP contribution is -2.31. The molecule has 106 valence electrons. The zero-order valence-electron chi connectivity index (χ0n) is 10.7. The minimum absolute atomic E-state index is 0.314. The van der Waals surface area contributed by atoms with Crippen molar-refractivity contribution in [2.75, 3.05) is 12.4 Å². The Balaban J connectivity index is 2.55. The summed E-state index contributed by atoms with van der Waals surface area (Å²) in [5.41, 5.74) is -1.03.